The average molecular weight is 573 g/mol. The summed E-state index contributed by atoms with van der Waals surface area (Å²) in [6.07, 6.45) is 6.65. The highest BCUT2D eigenvalue weighted by Crippen LogP contribution is 2.19. The van der Waals surface area contributed by atoms with E-state index in [2.05, 4.69) is 21.9 Å². The molecule has 0 heterocycles. The van der Waals surface area contributed by atoms with Gasteiger partial charge in [-0.05, 0) is 48.4 Å². The average Bonchev–Trinajstić information content (AvgIpc) is 3.02. The number of amides is 3. The maximum Gasteiger partial charge on any atom is 0.255 e. The quantitative estimate of drug-likeness (QED) is 0.0800. The number of rotatable bonds is 12. The summed E-state index contributed by atoms with van der Waals surface area (Å²) in [6.45, 7) is 0. The van der Waals surface area contributed by atoms with E-state index in [1.54, 1.807) is 97.1 Å². The second kappa shape index (κ2) is 14.8. The number of anilines is 3. The van der Waals surface area contributed by atoms with E-state index in [4.69, 9.17) is 12.2 Å². The van der Waals surface area contributed by atoms with Crippen molar-refractivity contribution in [3.8, 4) is 12.3 Å². The summed E-state index contributed by atoms with van der Waals surface area (Å²) in [5.41, 5.74) is 9.56. The van der Waals surface area contributed by atoms with Crippen molar-refractivity contribution in [3.05, 3.63) is 125 Å². The molecule has 3 amide bonds. The van der Waals surface area contributed by atoms with Crippen molar-refractivity contribution in [3.63, 3.8) is 0 Å². The Morgan fingerprint density at radius 3 is 2.05 bits per heavy atom. The molecule has 0 saturated carbocycles. The van der Waals surface area contributed by atoms with E-state index in [0.29, 0.717) is 46.6 Å². The predicted molar refractivity (Wildman–Crippen MR) is 169 cm³/mol. The van der Waals surface area contributed by atoms with Gasteiger partial charge in [-0.1, -0.05) is 66.7 Å². The van der Waals surface area contributed by atoms with Gasteiger partial charge in [0.1, 0.15) is 6.04 Å². The molecule has 0 aliphatic rings. The molecule has 4 aromatic rings. The molecule has 4 rings (SSSR count). The Bertz CT molecular complexity index is 1630. The first-order valence-corrected chi connectivity index (χ1v) is 13.8. The fourth-order valence-electron chi connectivity index (χ4n) is 4.35. The number of nitrogen functional groups attached to an aromatic ring is 1. The van der Waals surface area contributed by atoms with Crippen LogP contribution in [-0.4, -0.2) is 29.5 Å². The minimum absolute atomic E-state index is 0.104. The summed E-state index contributed by atoms with van der Waals surface area (Å²) in [5, 5.41) is 8.39. The first-order valence-electron chi connectivity index (χ1n) is 13.8. The van der Waals surface area contributed by atoms with Crippen LogP contribution in [0.2, 0.25) is 0 Å². The van der Waals surface area contributed by atoms with Crippen LogP contribution in [0.15, 0.2) is 103 Å². The van der Waals surface area contributed by atoms with Crippen molar-refractivity contribution in [1.82, 2.24) is 5.32 Å². The van der Waals surface area contributed by atoms with E-state index in [-0.39, 0.29) is 30.4 Å². The zero-order valence-corrected chi connectivity index (χ0v) is 23.5. The highest BCUT2D eigenvalue weighted by atomic mass is 16.2. The van der Waals surface area contributed by atoms with Gasteiger partial charge >= 0.3 is 0 Å². The van der Waals surface area contributed by atoms with Crippen molar-refractivity contribution in [1.29, 1.82) is 0 Å². The predicted octanol–water partition coefficient (Wildman–Crippen LogP) is 5.22. The molecule has 0 fully saturated rings. The molecule has 0 aliphatic carbocycles. The molecular formula is C35H32N4O4. The monoisotopic (exact) mass is 572 g/mol. The zero-order valence-electron chi connectivity index (χ0n) is 23.5. The third-order valence-corrected chi connectivity index (χ3v) is 6.69. The van der Waals surface area contributed by atoms with Gasteiger partial charge in [-0.15, -0.1) is 12.3 Å². The van der Waals surface area contributed by atoms with Crippen LogP contribution in [0.1, 0.15) is 51.1 Å². The third kappa shape index (κ3) is 8.65. The van der Waals surface area contributed by atoms with Gasteiger partial charge in [0, 0.05) is 41.6 Å². The van der Waals surface area contributed by atoms with E-state index in [1.165, 1.54) is 0 Å². The number of ketones is 1. The smallest absolute Gasteiger partial charge is 0.255 e. The van der Waals surface area contributed by atoms with Crippen molar-refractivity contribution in [2.45, 2.75) is 31.7 Å². The number of nitrogens with one attached hydrogen (secondary N) is 3. The molecule has 0 spiro atoms. The Labute approximate surface area is 250 Å². The first-order chi connectivity index (χ1) is 20.8. The lowest BCUT2D eigenvalue weighted by atomic mass is 9.99. The highest BCUT2D eigenvalue weighted by molar-refractivity contribution is 6.09. The van der Waals surface area contributed by atoms with Gasteiger partial charge in [0.15, 0.2) is 5.78 Å². The zero-order chi connectivity index (χ0) is 30.6. The molecule has 0 bridgehead atoms. The van der Waals surface area contributed by atoms with Gasteiger partial charge in [0.05, 0.1) is 11.4 Å². The lowest BCUT2D eigenvalue weighted by molar-refractivity contribution is -0.126. The van der Waals surface area contributed by atoms with Gasteiger partial charge in [0.2, 0.25) is 11.8 Å². The van der Waals surface area contributed by atoms with Crippen LogP contribution < -0.4 is 21.7 Å². The minimum Gasteiger partial charge on any atom is -0.397 e. The van der Waals surface area contributed by atoms with Crippen molar-refractivity contribution in [2.24, 2.45) is 0 Å². The maximum atomic E-state index is 13.3. The van der Waals surface area contributed by atoms with Gasteiger partial charge in [-0.2, -0.15) is 0 Å². The van der Waals surface area contributed by atoms with Crippen LogP contribution in [-0.2, 0) is 16.0 Å². The van der Waals surface area contributed by atoms with Gasteiger partial charge in [0.25, 0.3) is 5.91 Å². The number of unbranched alkanes of at least 4 members (excludes halogenated alkanes) is 1. The van der Waals surface area contributed by atoms with Crippen LogP contribution in [0.25, 0.3) is 0 Å². The number of carbonyl (C=O) groups excluding carboxylic acids is 4. The number of benzene rings is 4. The van der Waals surface area contributed by atoms with E-state index >= 15 is 0 Å². The van der Waals surface area contributed by atoms with Crippen LogP contribution in [0.3, 0.4) is 0 Å². The third-order valence-electron chi connectivity index (χ3n) is 6.69. The largest absolute Gasteiger partial charge is 0.397 e. The lowest BCUT2D eigenvalue weighted by Gasteiger charge is -2.19. The number of nitrogens with two attached hydrogens (primary N) is 1. The van der Waals surface area contributed by atoms with Gasteiger partial charge < -0.3 is 21.7 Å². The lowest BCUT2D eigenvalue weighted by Crippen LogP contribution is -2.45. The van der Waals surface area contributed by atoms with Crippen LogP contribution in [0.5, 0.6) is 0 Å². The molecule has 0 aromatic heterocycles. The Morgan fingerprint density at radius 1 is 0.744 bits per heavy atom. The maximum absolute atomic E-state index is 13.3. The van der Waals surface area contributed by atoms with Gasteiger partial charge in [-0.25, -0.2) is 0 Å². The molecule has 0 unspecified atom stereocenters. The Hall–Kier alpha value is -5.68. The molecule has 1 atom stereocenters. The number of para-hydroxylation sites is 2. The normalized spacial score (nSPS) is 11.0. The summed E-state index contributed by atoms with van der Waals surface area (Å²) >= 11 is 0. The second-order valence-corrected chi connectivity index (χ2v) is 9.88. The summed E-state index contributed by atoms with van der Waals surface area (Å²) in [4.78, 5) is 51.4. The molecule has 0 radical (unpaired) electrons. The fourth-order valence-corrected chi connectivity index (χ4v) is 4.35. The molecule has 5 N–H and O–H groups in total. The van der Waals surface area contributed by atoms with Gasteiger partial charge in [-0.3, -0.25) is 19.2 Å². The molecule has 4 aromatic carbocycles. The van der Waals surface area contributed by atoms with Crippen molar-refractivity contribution in [2.75, 3.05) is 16.4 Å². The number of hydrogen-bond donors (Lipinski definition) is 4. The van der Waals surface area contributed by atoms with Crippen LogP contribution in [0, 0.1) is 12.3 Å². The second-order valence-electron chi connectivity index (χ2n) is 9.88. The molecule has 8 heteroatoms. The summed E-state index contributed by atoms with van der Waals surface area (Å²) in [6, 6.07) is 28.4. The summed E-state index contributed by atoms with van der Waals surface area (Å²) in [7, 11) is 0. The van der Waals surface area contributed by atoms with E-state index in [1.807, 2.05) is 6.07 Å². The Kier molecular flexibility index (Phi) is 10.4. The Morgan fingerprint density at radius 2 is 1.37 bits per heavy atom. The summed E-state index contributed by atoms with van der Waals surface area (Å²) in [5.74, 6) is 1.34. The highest BCUT2D eigenvalue weighted by Gasteiger charge is 2.22. The molecule has 0 saturated heterocycles. The summed E-state index contributed by atoms with van der Waals surface area (Å²) < 4.78 is 0. The van der Waals surface area contributed by atoms with E-state index in [9.17, 15) is 19.2 Å². The van der Waals surface area contributed by atoms with Crippen LogP contribution >= 0.6 is 0 Å². The SMILES string of the molecule is C#CCCCC(=O)N[C@@H](Cc1ccc(C(=O)c2ccccc2)cc1)C(=O)Nc1ccc(C(=O)Nc2ccccc2N)cc1. The van der Waals surface area contributed by atoms with E-state index < -0.39 is 11.9 Å². The molecular weight excluding hydrogens is 540 g/mol. The van der Waals surface area contributed by atoms with Crippen molar-refractivity contribution >= 4 is 40.6 Å². The minimum atomic E-state index is -0.891. The molecule has 216 valence electrons. The first kappa shape index (κ1) is 30.3. The fraction of sp³-hybridized carbons (Fsp3) is 0.143. The van der Waals surface area contributed by atoms with Crippen molar-refractivity contribution < 1.29 is 19.2 Å². The molecule has 0 aliphatic heterocycles. The number of carbonyl (C=O) groups is 4. The van der Waals surface area contributed by atoms with Crippen LogP contribution in [0.4, 0.5) is 17.1 Å². The molecule has 8 nitrogen and oxygen atoms in total. The number of hydrogen-bond acceptors (Lipinski definition) is 5. The topological polar surface area (TPSA) is 130 Å². The van der Waals surface area contributed by atoms with E-state index in [0.717, 1.165) is 5.56 Å². The number of terminal acetylenes is 1. The standard InChI is InChI=1S/C35H32N4O4/c1-2-3-5-14-32(40)38-31(23-24-15-17-26(18-16-24)33(41)25-10-6-4-7-11-25)35(43)37-28-21-19-27(20-22-28)34(42)39-30-13-9-8-12-29(30)36/h1,4,6-13,15-22,31H,3,5,14,23,36H2,(H,37,43)(H,38,40)(H,39,42)/t31-/m0/s1. The molecule has 43 heavy (non-hydrogen) atoms. The Balaban J connectivity index is 1.44.